The number of nitrogens with zero attached hydrogens (tertiary/aromatic N) is 1. The van der Waals surface area contributed by atoms with Crippen LogP contribution in [0.1, 0.15) is 24.5 Å². The van der Waals surface area contributed by atoms with E-state index in [-0.39, 0.29) is 0 Å². The van der Waals surface area contributed by atoms with E-state index in [9.17, 15) is 0 Å². The zero-order chi connectivity index (χ0) is 13.3. The van der Waals surface area contributed by atoms with E-state index in [0.717, 1.165) is 38.4 Å². The maximum absolute atomic E-state index is 6.17. The van der Waals surface area contributed by atoms with E-state index in [4.69, 9.17) is 4.74 Å². The first-order chi connectivity index (χ1) is 9.16. The van der Waals surface area contributed by atoms with E-state index in [1.54, 1.807) is 0 Å². The standard InChI is InChI=1S/C16H24N2O/c1-16(7-9-18(2)11-16)12-19-15-5-3-4-13-6-8-17-10-14(13)15/h3-5,17H,6-12H2,1-2H3. The molecule has 1 fully saturated rings. The molecule has 0 saturated carbocycles. The SMILES string of the molecule is CN1CCC(C)(COc2cccc3c2CNCC3)C1. The Morgan fingerprint density at radius 1 is 1.42 bits per heavy atom. The van der Waals surface area contributed by atoms with Gasteiger partial charge in [-0.1, -0.05) is 19.1 Å². The fraction of sp³-hybridized carbons (Fsp3) is 0.625. The minimum absolute atomic E-state index is 0.305. The van der Waals surface area contributed by atoms with Gasteiger partial charge in [-0.15, -0.1) is 0 Å². The summed E-state index contributed by atoms with van der Waals surface area (Å²) >= 11 is 0. The number of likely N-dealkylation sites (tertiary alicyclic amines) is 1. The van der Waals surface area contributed by atoms with Crippen molar-refractivity contribution in [1.29, 1.82) is 0 Å². The summed E-state index contributed by atoms with van der Waals surface area (Å²) in [5.74, 6) is 1.08. The van der Waals surface area contributed by atoms with Crippen LogP contribution in [0.15, 0.2) is 18.2 Å². The predicted molar refractivity (Wildman–Crippen MR) is 77.6 cm³/mol. The van der Waals surface area contributed by atoms with Gasteiger partial charge >= 0.3 is 0 Å². The molecule has 0 aliphatic carbocycles. The van der Waals surface area contributed by atoms with Crippen LogP contribution in [-0.4, -0.2) is 38.2 Å². The third-order valence-electron chi connectivity index (χ3n) is 4.43. The van der Waals surface area contributed by atoms with Gasteiger partial charge in [0, 0.05) is 24.1 Å². The van der Waals surface area contributed by atoms with E-state index in [1.165, 1.54) is 24.1 Å². The maximum atomic E-state index is 6.17. The first-order valence-corrected chi connectivity index (χ1v) is 7.29. The minimum atomic E-state index is 0.305. The Balaban J connectivity index is 1.70. The molecule has 3 rings (SSSR count). The molecule has 1 saturated heterocycles. The summed E-state index contributed by atoms with van der Waals surface area (Å²) < 4.78 is 6.17. The monoisotopic (exact) mass is 260 g/mol. The number of fused-ring (bicyclic) bond motifs is 1. The maximum Gasteiger partial charge on any atom is 0.124 e. The average Bonchev–Trinajstić information content (AvgIpc) is 2.77. The van der Waals surface area contributed by atoms with Crippen molar-refractivity contribution in [3.05, 3.63) is 29.3 Å². The van der Waals surface area contributed by atoms with Crippen LogP contribution in [-0.2, 0) is 13.0 Å². The Morgan fingerprint density at radius 3 is 3.11 bits per heavy atom. The largest absolute Gasteiger partial charge is 0.493 e. The van der Waals surface area contributed by atoms with Crippen LogP contribution in [0.3, 0.4) is 0 Å². The lowest BCUT2D eigenvalue weighted by atomic mass is 9.91. The Bertz CT molecular complexity index is 460. The highest BCUT2D eigenvalue weighted by atomic mass is 16.5. The Hall–Kier alpha value is -1.06. The molecule has 1 aromatic carbocycles. The molecule has 104 valence electrons. The van der Waals surface area contributed by atoms with E-state index in [0.29, 0.717) is 5.41 Å². The summed E-state index contributed by atoms with van der Waals surface area (Å²) in [5, 5.41) is 3.44. The number of rotatable bonds is 3. The van der Waals surface area contributed by atoms with Gasteiger partial charge in [-0.25, -0.2) is 0 Å². The van der Waals surface area contributed by atoms with Crippen molar-refractivity contribution < 1.29 is 4.74 Å². The van der Waals surface area contributed by atoms with Crippen LogP contribution in [0.25, 0.3) is 0 Å². The lowest BCUT2D eigenvalue weighted by Gasteiger charge is -2.26. The smallest absolute Gasteiger partial charge is 0.124 e. The molecule has 0 bridgehead atoms. The van der Waals surface area contributed by atoms with Gasteiger partial charge in [0.05, 0.1) is 6.61 Å². The number of benzene rings is 1. The third-order valence-corrected chi connectivity index (χ3v) is 4.43. The van der Waals surface area contributed by atoms with Crippen LogP contribution >= 0.6 is 0 Å². The van der Waals surface area contributed by atoms with E-state index < -0.39 is 0 Å². The molecule has 19 heavy (non-hydrogen) atoms. The molecule has 0 radical (unpaired) electrons. The summed E-state index contributed by atoms with van der Waals surface area (Å²) in [6, 6.07) is 6.48. The second-order valence-corrected chi connectivity index (χ2v) is 6.41. The Morgan fingerprint density at radius 2 is 2.32 bits per heavy atom. The zero-order valence-electron chi connectivity index (χ0n) is 12.0. The van der Waals surface area contributed by atoms with Crippen molar-refractivity contribution in [3.8, 4) is 5.75 Å². The molecule has 0 aromatic heterocycles. The van der Waals surface area contributed by atoms with E-state index in [2.05, 4.69) is 42.4 Å². The molecule has 1 unspecified atom stereocenters. The lowest BCUT2D eigenvalue weighted by Crippen LogP contribution is -2.29. The molecule has 2 aliphatic heterocycles. The molecule has 3 heteroatoms. The average molecular weight is 260 g/mol. The summed E-state index contributed by atoms with van der Waals surface area (Å²) in [7, 11) is 2.19. The van der Waals surface area contributed by atoms with Gasteiger partial charge in [0.15, 0.2) is 0 Å². The fourth-order valence-corrected chi connectivity index (χ4v) is 3.26. The molecular weight excluding hydrogens is 236 g/mol. The van der Waals surface area contributed by atoms with Crippen LogP contribution in [0.4, 0.5) is 0 Å². The van der Waals surface area contributed by atoms with Crippen LogP contribution in [0, 0.1) is 5.41 Å². The molecule has 2 heterocycles. The van der Waals surface area contributed by atoms with Crippen LogP contribution in [0.5, 0.6) is 5.75 Å². The molecule has 1 aromatic rings. The van der Waals surface area contributed by atoms with Gasteiger partial charge in [-0.05, 0) is 44.6 Å². The number of hydrogen-bond acceptors (Lipinski definition) is 3. The van der Waals surface area contributed by atoms with Crippen molar-refractivity contribution in [2.45, 2.75) is 26.3 Å². The second kappa shape index (κ2) is 5.14. The third kappa shape index (κ3) is 2.77. The highest BCUT2D eigenvalue weighted by molar-refractivity contribution is 5.41. The topological polar surface area (TPSA) is 24.5 Å². The van der Waals surface area contributed by atoms with Gasteiger partial charge in [-0.3, -0.25) is 0 Å². The number of hydrogen-bond donors (Lipinski definition) is 1. The number of nitrogens with one attached hydrogen (secondary N) is 1. The van der Waals surface area contributed by atoms with Gasteiger partial charge in [0.1, 0.15) is 5.75 Å². The van der Waals surface area contributed by atoms with Crippen molar-refractivity contribution in [2.24, 2.45) is 5.41 Å². The molecular formula is C16H24N2O. The normalized spacial score (nSPS) is 27.3. The molecule has 1 N–H and O–H groups in total. The lowest BCUT2D eigenvalue weighted by molar-refractivity contribution is 0.167. The van der Waals surface area contributed by atoms with Crippen LogP contribution in [0.2, 0.25) is 0 Å². The van der Waals surface area contributed by atoms with Crippen molar-refractivity contribution in [2.75, 3.05) is 33.3 Å². The van der Waals surface area contributed by atoms with Crippen molar-refractivity contribution in [1.82, 2.24) is 10.2 Å². The van der Waals surface area contributed by atoms with Gasteiger partial charge in [-0.2, -0.15) is 0 Å². The molecule has 0 spiro atoms. The van der Waals surface area contributed by atoms with Crippen molar-refractivity contribution in [3.63, 3.8) is 0 Å². The molecule has 0 amide bonds. The molecule has 1 atom stereocenters. The second-order valence-electron chi connectivity index (χ2n) is 6.41. The Kier molecular flexibility index (Phi) is 3.50. The van der Waals surface area contributed by atoms with Crippen molar-refractivity contribution >= 4 is 0 Å². The highest BCUT2D eigenvalue weighted by Gasteiger charge is 2.33. The van der Waals surface area contributed by atoms with Gasteiger partial charge in [0.2, 0.25) is 0 Å². The quantitative estimate of drug-likeness (QED) is 0.900. The van der Waals surface area contributed by atoms with E-state index in [1.807, 2.05) is 0 Å². The van der Waals surface area contributed by atoms with Crippen LogP contribution < -0.4 is 10.1 Å². The first-order valence-electron chi connectivity index (χ1n) is 7.29. The zero-order valence-corrected chi connectivity index (χ0v) is 12.0. The molecule has 3 nitrogen and oxygen atoms in total. The van der Waals surface area contributed by atoms with Gasteiger partial charge < -0.3 is 15.0 Å². The van der Waals surface area contributed by atoms with E-state index >= 15 is 0 Å². The molecule has 2 aliphatic rings. The summed E-state index contributed by atoms with van der Waals surface area (Å²) in [6.45, 7) is 7.52. The fourth-order valence-electron chi connectivity index (χ4n) is 3.26. The Labute approximate surface area is 115 Å². The summed E-state index contributed by atoms with van der Waals surface area (Å²) in [4.78, 5) is 2.39. The highest BCUT2D eigenvalue weighted by Crippen LogP contribution is 2.31. The number of ether oxygens (including phenoxy) is 1. The summed E-state index contributed by atoms with van der Waals surface area (Å²) in [6.07, 6.45) is 2.35. The predicted octanol–water partition coefficient (Wildman–Crippen LogP) is 2.05. The first kappa shape index (κ1) is 12.9. The van der Waals surface area contributed by atoms with Gasteiger partial charge in [0.25, 0.3) is 0 Å². The summed E-state index contributed by atoms with van der Waals surface area (Å²) in [5.41, 5.74) is 3.12. The minimum Gasteiger partial charge on any atom is -0.493 e.